The fraction of sp³-hybridized carbons (Fsp3) is 0.300. The Morgan fingerprint density at radius 3 is 2.85 bits per heavy atom. The number of rotatable bonds is 2. The van der Waals surface area contributed by atoms with E-state index in [1.54, 1.807) is 12.4 Å². The number of nitrogens with zero attached hydrogens (tertiary/aromatic N) is 2. The van der Waals surface area contributed by atoms with Crippen LogP contribution in [0.1, 0.15) is 6.92 Å². The minimum absolute atomic E-state index is 0.0797. The predicted octanol–water partition coefficient (Wildman–Crippen LogP) is 2.30. The molecule has 0 spiro atoms. The van der Waals surface area contributed by atoms with Crippen LogP contribution >= 0.6 is 15.9 Å². The van der Waals surface area contributed by atoms with Gasteiger partial charge in [0.15, 0.2) is 0 Å². The normalized spacial score (nSPS) is 11.8. The summed E-state index contributed by atoms with van der Waals surface area (Å²) in [5.41, 5.74) is 1.01. The lowest BCUT2D eigenvalue weighted by Gasteiger charge is -2.22. The van der Waals surface area contributed by atoms with E-state index >= 15 is 0 Å². The number of aromatic nitrogens is 1. The molecule has 0 aromatic carbocycles. The average molecular weight is 239 g/mol. The van der Waals surface area contributed by atoms with Crippen molar-refractivity contribution in [2.24, 2.45) is 0 Å². The third-order valence-corrected chi connectivity index (χ3v) is 2.35. The van der Waals surface area contributed by atoms with E-state index in [0.717, 1.165) is 10.2 Å². The van der Waals surface area contributed by atoms with E-state index in [4.69, 9.17) is 6.42 Å². The summed E-state index contributed by atoms with van der Waals surface area (Å²) in [4.78, 5) is 6.06. The Hall–Kier alpha value is -1.01. The lowest BCUT2D eigenvalue weighted by atomic mass is 10.3. The third kappa shape index (κ3) is 2.46. The van der Waals surface area contributed by atoms with Crippen LogP contribution in [0.15, 0.2) is 22.9 Å². The molecule has 1 aromatic rings. The first-order valence-corrected chi connectivity index (χ1v) is 4.74. The highest BCUT2D eigenvalue weighted by Gasteiger charge is 2.06. The summed E-state index contributed by atoms with van der Waals surface area (Å²) < 4.78 is 0.959. The molecule has 1 heterocycles. The molecular formula is C10H11BrN2. The molecule has 0 aliphatic rings. The number of anilines is 1. The van der Waals surface area contributed by atoms with E-state index in [1.807, 2.05) is 24.9 Å². The van der Waals surface area contributed by atoms with Crippen LogP contribution in [-0.4, -0.2) is 18.1 Å². The second-order valence-corrected chi connectivity index (χ2v) is 3.73. The fourth-order valence-electron chi connectivity index (χ4n) is 0.929. The van der Waals surface area contributed by atoms with Crippen molar-refractivity contribution in [3.8, 4) is 12.3 Å². The Labute approximate surface area is 87.1 Å². The minimum atomic E-state index is 0.0797. The van der Waals surface area contributed by atoms with E-state index < -0.39 is 0 Å². The maximum absolute atomic E-state index is 5.32. The second kappa shape index (κ2) is 4.29. The Morgan fingerprint density at radius 1 is 1.62 bits per heavy atom. The Morgan fingerprint density at radius 2 is 2.31 bits per heavy atom. The van der Waals surface area contributed by atoms with Gasteiger partial charge in [-0.25, -0.2) is 0 Å². The number of halogens is 1. The molecule has 0 N–H and O–H groups in total. The van der Waals surface area contributed by atoms with Crippen LogP contribution in [0.4, 0.5) is 5.69 Å². The zero-order valence-corrected chi connectivity index (χ0v) is 9.25. The van der Waals surface area contributed by atoms with Crippen LogP contribution in [-0.2, 0) is 0 Å². The number of hydrogen-bond acceptors (Lipinski definition) is 2. The van der Waals surface area contributed by atoms with Gasteiger partial charge >= 0.3 is 0 Å². The molecule has 0 saturated carbocycles. The first-order chi connectivity index (χ1) is 6.15. The predicted molar refractivity (Wildman–Crippen MR) is 58.6 cm³/mol. The average Bonchev–Trinajstić information content (AvgIpc) is 2.15. The molecule has 1 unspecified atom stereocenters. The molecule has 1 rings (SSSR count). The molecule has 13 heavy (non-hydrogen) atoms. The molecule has 0 amide bonds. The largest absolute Gasteiger partial charge is 0.360 e. The Kier molecular flexibility index (Phi) is 3.32. The van der Waals surface area contributed by atoms with Gasteiger partial charge < -0.3 is 4.90 Å². The van der Waals surface area contributed by atoms with Gasteiger partial charge in [-0.2, -0.15) is 0 Å². The zero-order valence-electron chi connectivity index (χ0n) is 7.66. The zero-order chi connectivity index (χ0) is 9.84. The van der Waals surface area contributed by atoms with Gasteiger partial charge in [-0.1, -0.05) is 5.92 Å². The van der Waals surface area contributed by atoms with Gasteiger partial charge in [0.25, 0.3) is 0 Å². The van der Waals surface area contributed by atoms with Crippen LogP contribution in [0, 0.1) is 12.3 Å². The lowest BCUT2D eigenvalue weighted by Crippen LogP contribution is -2.27. The van der Waals surface area contributed by atoms with Crippen molar-refractivity contribution in [3.63, 3.8) is 0 Å². The van der Waals surface area contributed by atoms with Gasteiger partial charge in [0.05, 0.1) is 17.9 Å². The van der Waals surface area contributed by atoms with Gasteiger partial charge in [0.2, 0.25) is 0 Å². The molecule has 0 fully saturated rings. The number of hydrogen-bond donors (Lipinski definition) is 0. The summed E-state index contributed by atoms with van der Waals surface area (Å²) in [5, 5.41) is 0. The molecule has 3 heteroatoms. The Balaban J connectivity index is 2.90. The molecule has 0 aliphatic heterocycles. The summed E-state index contributed by atoms with van der Waals surface area (Å²) in [5.74, 6) is 2.67. The minimum Gasteiger partial charge on any atom is -0.360 e. The van der Waals surface area contributed by atoms with Gasteiger partial charge in [0.1, 0.15) is 0 Å². The standard InChI is InChI=1S/C10H11BrN2/c1-4-8(2)13(3)10-5-9(11)6-12-7-10/h1,5-8H,2-3H3. The lowest BCUT2D eigenvalue weighted by molar-refractivity contribution is 0.844. The van der Waals surface area contributed by atoms with E-state index in [0.29, 0.717) is 0 Å². The van der Waals surface area contributed by atoms with Crippen molar-refractivity contribution in [1.82, 2.24) is 4.98 Å². The molecule has 0 radical (unpaired) electrons. The van der Waals surface area contributed by atoms with Crippen molar-refractivity contribution in [3.05, 3.63) is 22.9 Å². The van der Waals surface area contributed by atoms with Crippen molar-refractivity contribution in [2.45, 2.75) is 13.0 Å². The van der Waals surface area contributed by atoms with E-state index in [2.05, 4.69) is 26.8 Å². The molecule has 0 bridgehead atoms. The summed E-state index contributed by atoms with van der Waals surface area (Å²) in [6, 6.07) is 2.07. The van der Waals surface area contributed by atoms with E-state index in [-0.39, 0.29) is 6.04 Å². The molecule has 68 valence electrons. The van der Waals surface area contributed by atoms with Gasteiger partial charge in [0, 0.05) is 17.7 Å². The summed E-state index contributed by atoms with van der Waals surface area (Å²) in [7, 11) is 1.95. The summed E-state index contributed by atoms with van der Waals surface area (Å²) in [6.45, 7) is 1.97. The molecule has 2 nitrogen and oxygen atoms in total. The maximum atomic E-state index is 5.32. The molecular weight excluding hydrogens is 228 g/mol. The van der Waals surface area contributed by atoms with Crippen LogP contribution in [0.5, 0.6) is 0 Å². The third-order valence-electron chi connectivity index (χ3n) is 1.92. The van der Waals surface area contributed by atoms with Crippen molar-refractivity contribution < 1.29 is 0 Å². The highest BCUT2D eigenvalue weighted by molar-refractivity contribution is 9.10. The first-order valence-electron chi connectivity index (χ1n) is 3.94. The number of terminal acetylenes is 1. The smallest absolute Gasteiger partial charge is 0.0870 e. The van der Waals surface area contributed by atoms with Gasteiger partial charge in [-0.15, -0.1) is 6.42 Å². The quantitative estimate of drug-likeness (QED) is 0.736. The van der Waals surface area contributed by atoms with Crippen molar-refractivity contribution in [2.75, 3.05) is 11.9 Å². The van der Waals surface area contributed by atoms with Gasteiger partial charge in [-0.3, -0.25) is 4.98 Å². The first kappa shape index (κ1) is 10.1. The topological polar surface area (TPSA) is 16.1 Å². The molecule has 0 saturated heterocycles. The summed E-state index contributed by atoms with van der Waals surface area (Å²) >= 11 is 3.36. The van der Waals surface area contributed by atoms with Crippen molar-refractivity contribution >= 4 is 21.6 Å². The second-order valence-electron chi connectivity index (χ2n) is 2.81. The highest BCUT2D eigenvalue weighted by atomic mass is 79.9. The molecule has 0 aliphatic carbocycles. The van der Waals surface area contributed by atoms with Crippen LogP contribution < -0.4 is 4.90 Å². The Bertz CT molecular complexity index is 330. The van der Waals surface area contributed by atoms with Gasteiger partial charge in [-0.05, 0) is 28.9 Å². The van der Waals surface area contributed by atoms with Crippen LogP contribution in [0.25, 0.3) is 0 Å². The maximum Gasteiger partial charge on any atom is 0.0870 e. The fourth-order valence-corrected chi connectivity index (χ4v) is 1.28. The SMILES string of the molecule is C#CC(C)N(C)c1cncc(Br)c1. The van der Waals surface area contributed by atoms with Crippen LogP contribution in [0.3, 0.4) is 0 Å². The van der Waals surface area contributed by atoms with Crippen molar-refractivity contribution in [1.29, 1.82) is 0 Å². The number of pyridine rings is 1. The molecule has 1 aromatic heterocycles. The summed E-state index contributed by atoms with van der Waals surface area (Å²) in [6.07, 6.45) is 8.86. The van der Waals surface area contributed by atoms with Crippen LogP contribution in [0.2, 0.25) is 0 Å². The van der Waals surface area contributed by atoms with E-state index in [9.17, 15) is 0 Å². The van der Waals surface area contributed by atoms with E-state index in [1.165, 1.54) is 0 Å². The molecule has 1 atom stereocenters. The highest BCUT2D eigenvalue weighted by Crippen LogP contribution is 2.18. The monoisotopic (exact) mass is 238 g/mol.